The minimum atomic E-state index is 0.709. The van der Waals surface area contributed by atoms with Crippen LogP contribution < -0.4 is 14.3 Å². The molecule has 16 heavy (non-hydrogen) atoms. The van der Waals surface area contributed by atoms with E-state index in [2.05, 4.69) is 5.21 Å². The van der Waals surface area contributed by atoms with Gasteiger partial charge < -0.3 is 9.57 Å². The van der Waals surface area contributed by atoms with Crippen molar-refractivity contribution in [2.24, 2.45) is 0 Å². The van der Waals surface area contributed by atoms with Gasteiger partial charge in [0.25, 0.3) is 0 Å². The predicted octanol–water partition coefficient (Wildman–Crippen LogP) is 0.286. The van der Waals surface area contributed by atoms with Crippen LogP contribution in [0.4, 0.5) is 0 Å². The Balaban J connectivity index is 2.08. The van der Waals surface area contributed by atoms with Gasteiger partial charge in [-0.15, -0.1) is 4.68 Å². The van der Waals surface area contributed by atoms with E-state index in [1.165, 1.54) is 4.85 Å². The first kappa shape index (κ1) is 10.5. The molecule has 0 saturated carbocycles. The molecule has 0 aliphatic rings. The van der Waals surface area contributed by atoms with E-state index in [9.17, 15) is 0 Å². The molecule has 0 bridgehead atoms. The van der Waals surface area contributed by atoms with Gasteiger partial charge in [-0.1, -0.05) is 12.1 Å². The van der Waals surface area contributed by atoms with Crippen LogP contribution in [0.3, 0.4) is 0 Å². The smallest absolute Gasteiger partial charge is 0.204 e. The van der Waals surface area contributed by atoms with Gasteiger partial charge in [-0.3, -0.25) is 0 Å². The SMILES string of the molecule is COc1ccc(C[n+]2ccn(OC)n2)cc1. The van der Waals surface area contributed by atoms with E-state index >= 15 is 0 Å². The summed E-state index contributed by atoms with van der Waals surface area (Å²) in [4.78, 5) is 6.34. The van der Waals surface area contributed by atoms with E-state index in [0.29, 0.717) is 6.54 Å². The molecular weight excluding hydrogens is 206 g/mol. The number of aromatic nitrogens is 3. The monoisotopic (exact) mass is 220 g/mol. The van der Waals surface area contributed by atoms with E-state index in [1.54, 1.807) is 25.1 Å². The van der Waals surface area contributed by atoms with Gasteiger partial charge in [0.15, 0.2) is 6.20 Å². The molecule has 2 rings (SSSR count). The number of benzene rings is 1. The number of rotatable bonds is 4. The Morgan fingerprint density at radius 3 is 2.56 bits per heavy atom. The molecule has 0 fully saturated rings. The summed E-state index contributed by atoms with van der Waals surface area (Å²) in [5, 5.41) is 4.15. The van der Waals surface area contributed by atoms with Crippen LogP contribution in [0.2, 0.25) is 0 Å². The van der Waals surface area contributed by atoms with Crippen LogP contribution in [0.1, 0.15) is 5.56 Å². The molecule has 0 N–H and O–H groups in total. The normalized spacial score (nSPS) is 10.1. The lowest BCUT2D eigenvalue weighted by atomic mass is 10.2. The minimum Gasteiger partial charge on any atom is -0.497 e. The Bertz CT molecular complexity index is 451. The van der Waals surface area contributed by atoms with Crippen LogP contribution in [-0.2, 0) is 6.54 Å². The number of methoxy groups -OCH3 is 1. The molecule has 1 aromatic carbocycles. The second-order valence-electron chi connectivity index (χ2n) is 3.32. The maximum Gasteiger partial charge on any atom is 0.204 e. The van der Waals surface area contributed by atoms with Gasteiger partial charge in [-0.2, -0.15) is 0 Å². The summed E-state index contributed by atoms with van der Waals surface area (Å²) in [6.45, 7) is 0.709. The Morgan fingerprint density at radius 2 is 2.00 bits per heavy atom. The quantitative estimate of drug-likeness (QED) is 0.695. The number of hydrogen-bond acceptors (Lipinski definition) is 3. The van der Waals surface area contributed by atoms with Crippen LogP contribution in [0, 0.1) is 0 Å². The van der Waals surface area contributed by atoms with Crippen molar-refractivity contribution in [3.63, 3.8) is 0 Å². The van der Waals surface area contributed by atoms with Crippen molar-refractivity contribution >= 4 is 0 Å². The molecule has 0 atom stereocenters. The summed E-state index contributed by atoms with van der Waals surface area (Å²) in [7, 11) is 3.23. The largest absolute Gasteiger partial charge is 0.497 e. The molecule has 0 saturated heterocycles. The second-order valence-corrected chi connectivity index (χ2v) is 3.32. The molecule has 5 heteroatoms. The third-order valence-corrected chi connectivity index (χ3v) is 2.26. The fourth-order valence-corrected chi connectivity index (χ4v) is 1.41. The van der Waals surface area contributed by atoms with Crippen molar-refractivity contribution in [1.29, 1.82) is 0 Å². The molecule has 0 amide bonds. The summed E-state index contributed by atoms with van der Waals surface area (Å²) in [5.74, 6) is 0.858. The topological polar surface area (TPSA) is 40.2 Å². The van der Waals surface area contributed by atoms with Crippen LogP contribution in [0.5, 0.6) is 5.75 Å². The number of nitrogens with zero attached hydrogens (tertiary/aromatic N) is 3. The zero-order valence-corrected chi connectivity index (χ0v) is 9.33. The van der Waals surface area contributed by atoms with Crippen LogP contribution >= 0.6 is 0 Å². The molecule has 0 radical (unpaired) electrons. The highest BCUT2D eigenvalue weighted by atomic mass is 16.7. The molecule has 84 valence electrons. The van der Waals surface area contributed by atoms with E-state index in [0.717, 1.165) is 11.3 Å². The van der Waals surface area contributed by atoms with Crippen LogP contribution in [0.25, 0.3) is 0 Å². The Labute approximate surface area is 93.8 Å². The van der Waals surface area contributed by atoms with Crippen molar-refractivity contribution in [3.05, 3.63) is 42.2 Å². The fraction of sp³-hybridized carbons (Fsp3) is 0.273. The summed E-state index contributed by atoms with van der Waals surface area (Å²) in [6.07, 6.45) is 3.61. The van der Waals surface area contributed by atoms with Crippen molar-refractivity contribution < 1.29 is 14.3 Å². The third-order valence-electron chi connectivity index (χ3n) is 2.26. The molecule has 0 aliphatic carbocycles. The van der Waals surface area contributed by atoms with Crippen molar-refractivity contribution in [3.8, 4) is 5.75 Å². The lowest BCUT2D eigenvalue weighted by Gasteiger charge is -2.00. The zero-order valence-electron chi connectivity index (χ0n) is 9.33. The van der Waals surface area contributed by atoms with Crippen LogP contribution in [0.15, 0.2) is 36.7 Å². The molecule has 5 nitrogen and oxygen atoms in total. The predicted molar refractivity (Wildman–Crippen MR) is 57.0 cm³/mol. The molecule has 0 spiro atoms. The fourth-order valence-electron chi connectivity index (χ4n) is 1.41. The van der Waals surface area contributed by atoms with Gasteiger partial charge in [0, 0.05) is 0 Å². The lowest BCUT2D eigenvalue weighted by molar-refractivity contribution is -0.749. The highest BCUT2D eigenvalue weighted by Gasteiger charge is 2.06. The second kappa shape index (κ2) is 4.65. The molecule has 2 aromatic rings. The third kappa shape index (κ3) is 2.31. The summed E-state index contributed by atoms with van der Waals surface area (Å²) in [5.41, 5.74) is 1.16. The van der Waals surface area contributed by atoms with E-state index in [-0.39, 0.29) is 0 Å². The first-order valence-corrected chi connectivity index (χ1v) is 4.94. The van der Waals surface area contributed by atoms with Crippen molar-refractivity contribution in [1.82, 2.24) is 10.1 Å². The lowest BCUT2D eigenvalue weighted by Crippen LogP contribution is -2.37. The molecule has 0 unspecified atom stereocenters. The zero-order chi connectivity index (χ0) is 11.4. The summed E-state index contributed by atoms with van der Waals surface area (Å²) < 4.78 is 6.89. The van der Waals surface area contributed by atoms with E-state index in [1.807, 2.05) is 30.5 Å². The minimum absolute atomic E-state index is 0.709. The van der Waals surface area contributed by atoms with E-state index in [4.69, 9.17) is 9.57 Å². The van der Waals surface area contributed by atoms with Crippen molar-refractivity contribution in [2.75, 3.05) is 14.2 Å². The molecule has 1 aromatic heterocycles. The summed E-state index contributed by atoms with van der Waals surface area (Å²) in [6, 6.07) is 7.89. The Hall–Kier alpha value is -2.04. The van der Waals surface area contributed by atoms with Crippen LogP contribution in [-0.4, -0.2) is 24.3 Å². The Kier molecular flexibility index (Phi) is 3.05. The highest BCUT2D eigenvalue weighted by molar-refractivity contribution is 5.26. The van der Waals surface area contributed by atoms with Gasteiger partial charge >= 0.3 is 0 Å². The maximum atomic E-state index is 5.09. The first-order chi connectivity index (χ1) is 7.81. The van der Waals surface area contributed by atoms with Gasteiger partial charge in [-0.25, -0.2) is 0 Å². The maximum absolute atomic E-state index is 5.09. The summed E-state index contributed by atoms with van der Waals surface area (Å²) >= 11 is 0. The standard InChI is InChI=1S/C11H14N3O2/c1-15-11-5-3-10(4-6-11)9-13-7-8-14(12-13)16-2/h3-8H,9H2,1-2H3/q+1. The van der Waals surface area contributed by atoms with Gasteiger partial charge in [0.2, 0.25) is 6.20 Å². The highest BCUT2D eigenvalue weighted by Crippen LogP contribution is 2.10. The molecule has 0 aliphatic heterocycles. The molecule has 1 heterocycles. The first-order valence-electron chi connectivity index (χ1n) is 4.94. The number of ether oxygens (including phenoxy) is 1. The average molecular weight is 220 g/mol. The Morgan fingerprint density at radius 1 is 1.25 bits per heavy atom. The van der Waals surface area contributed by atoms with Crippen molar-refractivity contribution in [2.45, 2.75) is 6.54 Å². The van der Waals surface area contributed by atoms with Gasteiger partial charge in [-0.05, 0) is 17.7 Å². The van der Waals surface area contributed by atoms with Gasteiger partial charge in [0.1, 0.15) is 24.6 Å². The average Bonchev–Trinajstić information content (AvgIpc) is 2.78. The van der Waals surface area contributed by atoms with Gasteiger partial charge in [0.05, 0.1) is 12.0 Å². The molecular formula is C11H14N3O2+. The van der Waals surface area contributed by atoms with E-state index < -0.39 is 0 Å². The number of hydrogen-bond donors (Lipinski definition) is 0.